The fourth-order valence-electron chi connectivity index (χ4n) is 3.25. The van der Waals surface area contributed by atoms with Crippen LogP contribution in [0.15, 0.2) is 60.5 Å². The molecule has 0 radical (unpaired) electrons. The number of aromatic nitrogens is 4. The monoisotopic (exact) mass is 427 g/mol. The van der Waals surface area contributed by atoms with Crippen LogP contribution in [0.3, 0.4) is 0 Å². The number of imidazole rings is 2. The van der Waals surface area contributed by atoms with Crippen LogP contribution in [0.4, 0.5) is 4.79 Å². The molecule has 1 amide bonds. The molecule has 0 atom stereocenters. The van der Waals surface area contributed by atoms with Gasteiger partial charge in [0.25, 0.3) is 0 Å². The van der Waals surface area contributed by atoms with Crippen molar-refractivity contribution < 1.29 is 14.4 Å². The van der Waals surface area contributed by atoms with Gasteiger partial charge in [0, 0.05) is 44.5 Å². The molecule has 1 aliphatic heterocycles. The Labute approximate surface area is 179 Å². The normalized spacial score (nSPS) is 14.6. The molecule has 1 fully saturated rings. The summed E-state index contributed by atoms with van der Waals surface area (Å²) in [7, 11) is 1.98. The number of likely N-dealkylation sites (tertiary alicyclic amines) is 1. The van der Waals surface area contributed by atoms with Crippen molar-refractivity contribution in [3.8, 4) is 5.75 Å². The molecule has 0 bridgehead atoms. The zero-order valence-electron chi connectivity index (χ0n) is 16.9. The molecule has 3 heterocycles. The number of aryl methyl sites for hydroxylation is 1. The Morgan fingerprint density at radius 2 is 1.97 bits per heavy atom. The maximum absolute atomic E-state index is 12.5. The van der Waals surface area contributed by atoms with Gasteiger partial charge in [-0.2, -0.15) is 4.73 Å². The van der Waals surface area contributed by atoms with Crippen LogP contribution in [-0.2, 0) is 12.8 Å². The molecule has 0 spiro atoms. The van der Waals surface area contributed by atoms with Crippen molar-refractivity contribution in [3.63, 3.8) is 0 Å². The van der Waals surface area contributed by atoms with E-state index in [4.69, 9.17) is 9.57 Å². The molecule has 1 saturated heterocycles. The third-order valence-corrected chi connectivity index (χ3v) is 6.21. The number of ether oxygens (including phenoxy) is 1. The average Bonchev–Trinajstić information content (AvgIpc) is 3.44. The van der Waals surface area contributed by atoms with E-state index in [0.717, 1.165) is 29.3 Å². The first-order valence-electron chi connectivity index (χ1n) is 9.94. The van der Waals surface area contributed by atoms with Gasteiger partial charge in [0.15, 0.2) is 5.16 Å². The highest BCUT2D eigenvalue weighted by Gasteiger charge is 2.24. The minimum Gasteiger partial charge on any atom is -0.413 e. The Balaban J connectivity index is 1.20. The van der Waals surface area contributed by atoms with E-state index in [2.05, 4.69) is 9.97 Å². The third-order valence-electron chi connectivity index (χ3n) is 5.09. The molecule has 0 saturated carbocycles. The summed E-state index contributed by atoms with van der Waals surface area (Å²) in [5.74, 6) is 1.80. The summed E-state index contributed by atoms with van der Waals surface area (Å²) in [5.41, 5.74) is 1.15. The first-order chi connectivity index (χ1) is 14.7. The Kier molecular flexibility index (Phi) is 6.58. The topological polar surface area (TPSA) is 74.4 Å². The lowest BCUT2D eigenvalue weighted by atomic mass is 9.98. The fourth-order valence-corrected chi connectivity index (χ4v) is 4.14. The Bertz CT molecular complexity index is 934. The highest BCUT2D eigenvalue weighted by Crippen LogP contribution is 2.23. The van der Waals surface area contributed by atoms with Gasteiger partial charge in [-0.15, -0.1) is 0 Å². The molecule has 2 aromatic heterocycles. The van der Waals surface area contributed by atoms with Crippen molar-refractivity contribution in [1.82, 2.24) is 24.2 Å². The average molecular weight is 428 g/mol. The maximum atomic E-state index is 12.5. The first kappa shape index (κ1) is 20.3. The number of amides is 1. The molecule has 4 rings (SSSR count). The largest absolute Gasteiger partial charge is 0.415 e. The Morgan fingerprint density at radius 3 is 2.63 bits per heavy atom. The van der Waals surface area contributed by atoms with E-state index < -0.39 is 0 Å². The van der Waals surface area contributed by atoms with Crippen LogP contribution in [0.25, 0.3) is 0 Å². The third kappa shape index (κ3) is 5.35. The summed E-state index contributed by atoms with van der Waals surface area (Å²) < 4.78 is 9.16. The molecule has 3 aromatic rings. The van der Waals surface area contributed by atoms with Crippen molar-refractivity contribution in [2.45, 2.75) is 23.8 Å². The molecule has 30 heavy (non-hydrogen) atoms. The number of nitrogens with zero attached hydrogens (tertiary/aromatic N) is 5. The number of hydrogen-bond acceptors (Lipinski definition) is 6. The molecule has 1 aliphatic rings. The van der Waals surface area contributed by atoms with Crippen LogP contribution in [0, 0.1) is 5.92 Å². The van der Waals surface area contributed by atoms with Crippen molar-refractivity contribution in [3.05, 3.63) is 60.9 Å². The van der Waals surface area contributed by atoms with Crippen molar-refractivity contribution in [2.75, 3.05) is 19.7 Å². The smallest absolute Gasteiger partial charge is 0.413 e. The van der Waals surface area contributed by atoms with Crippen LogP contribution < -0.4 is 9.57 Å². The second kappa shape index (κ2) is 9.71. The van der Waals surface area contributed by atoms with Gasteiger partial charge in [0.05, 0.1) is 6.20 Å². The van der Waals surface area contributed by atoms with E-state index in [-0.39, 0.29) is 6.09 Å². The number of piperidine rings is 1. The summed E-state index contributed by atoms with van der Waals surface area (Å²) in [5, 5.41) is 0.976. The van der Waals surface area contributed by atoms with Gasteiger partial charge >= 0.3 is 6.09 Å². The Hall–Kier alpha value is -2.94. The molecule has 0 unspecified atom stereocenters. The fraction of sp³-hybridized carbons (Fsp3) is 0.381. The van der Waals surface area contributed by atoms with Crippen LogP contribution in [0.2, 0.25) is 0 Å². The lowest BCUT2D eigenvalue weighted by Crippen LogP contribution is -2.41. The number of carbonyl (C=O) groups is 1. The van der Waals surface area contributed by atoms with Gasteiger partial charge in [-0.3, -0.25) is 0 Å². The minimum absolute atomic E-state index is 0.292. The van der Waals surface area contributed by atoms with E-state index in [9.17, 15) is 4.79 Å². The van der Waals surface area contributed by atoms with E-state index >= 15 is 0 Å². The van der Waals surface area contributed by atoms with Gasteiger partial charge in [0.2, 0.25) is 0 Å². The summed E-state index contributed by atoms with van der Waals surface area (Å²) in [6.45, 7) is 1.97. The SMILES string of the molecule is Cn1ccnc1SCc1ccc(OC(=O)N2CCC(COn3ccnc3)CC2)cc1. The quantitative estimate of drug-likeness (QED) is 0.539. The van der Waals surface area contributed by atoms with E-state index in [0.29, 0.717) is 31.4 Å². The summed E-state index contributed by atoms with van der Waals surface area (Å²) in [6, 6.07) is 7.66. The van der Waals surface area contributed by atoms with Crippen molar-refractivity contribution in [2.24, 2.45) is 13.0 Å². The molecule has 9 heteroatoms. The predicted octanol–water partition coefficient (Wildman–Crippen LogP) is 3.25. The molecule has 8 nitrogen and oxygen atoms in total. The van der Waals surface area contributed by atoms with Crippen molar-refractivity contribution in [1.29, 1.82) is 0 Å². The standard InChI is InChI=1S/C21H25N5O3S/c1-24-12-9-23-20(24)30-15-18-2-4-19(5-3-18)29-21(27)25-10-6-17(7-11-25)14-28-26-13-8-22-16-26/h2-5,8-9,12-13,16-17H,6-7,10-11,14-15H2,1H3. The molecular weight excluding hydrogens is 402 g/mol. The van der Waals surface area contributed by atoms with Crippen LogP contribution in [-0.4, -0.2) is 50.0 Å². The van der Waals surface area contributed by atoms with E-state index in [1.54, 1.807) is 46.3 Å². The predicted molar refractivity (Wildman–Crippen MR) is 113 cm³/mol. The van der Waals surface area contributed by atoms with Crippen LogP contribution in [0.5, 0.6) is 5.75 Å². The molecular formula is C21H25N5O3S. The second-order valence-electron chi connectivity index (χ2n) is 7.27. The lowest BCUT2D eigenvalue weighted by Gasteiger charge is -2.30. The zero-order chi connectivity index (χ0) is 20.8. The molecule has 158 valence electrons. The summed E-state index contributed by atoms with van der Waals surface area (Å²) >= 11 is 1.67. The second-order valence-corrected chi connectivity index (χ2v) is 8.21. The number of hydrogen-bond donors (Lipinski definition) is 0. The molecule has 0 aliphatic carbocycles. The zero-order valence-corrected chi connectivity index (χ0v) is 17.7. The first-order valence-corrected chi connectivity index (χ1v) is 10.9. The van der Waals surface area contributed by atoms with Crippen molar-refractivity contribution >= 4 is 17.9 Å². The Morgan fingerprint density at radius 1 is 1.17 bits per heavy atom. The van der Waals surface area contributed by atoms with Crippen LogP contribution >= 0.6 is 11.8 Å². The van der Waals surface area contributed by atoms with Gasteiger partial charge in [-0.1, -0.05) is 23.9 Å². The van der Waals surface area contributed by atoms with Gasteiger partial charge in [-0.25, -0.2) is 14.8 Å². The van der Waals surface area contributed by atoms with E-state index in [1.165, 1.54) is 0 Å². The number of thioether (sulfide) groups is 1. The maximum Gasteiger partial charge on any atom is 0.415 e. The van der Waals surface area contributed by atoms with Gasteiger partial charge in [0.1, 0.15) is 18.7 Å². The van der Waals surface area contributed by atoms with Gasteiger partial charge in [-0.05, 0) is 36.5 Å². The number of benzene rings is 1. The number of carbonyl (C=O) groups excluding carboxylic acids is 1. The van der Waals surface area contributed by atoms with E-state index in [1.807, 2.05) is 42.1 Å². The minimum atomic E-state index is -0.292. The highest BCUT2D eigenvalue weighted by molar-refractivity contribution is 7.98. The van der Waals surface area contributed by atoms with Gasteiger partial charge < -0.3 is 19.0 Å². The molecule has 1 aromatic carbocycles. The lowest BCUT2D eigenvalue weighted by molar-refractivity contribution is 0.0541. The summed E-state index contributed by atoms with van der Waals surface area (Å²) in [6.07, 6.45) is 10.3. The highest BCUT2D eigenvalue weighted by atomic mass is 32.2. The number of rotatable bonds is 7. The summed E-state index contributed by atoms with van der Waals surface area (Å²) in [4.78, 5) is 28.1. The van der Waals surface area contributed by atoms with Crippen LogP contribution in [0.1, 0.15) is 18.4 Å². The molecule has 0 N–H and O–H groups in total.